The maximum Gasteiger partial charge on any atom is 0.490 e. The van der Waals surface area contributed by atoms with Gasteiger partial charge in [-0.05, 0) is 24.3 Å². The molecule has 0 aliphatic carbocycles. The summed E-state index contributed by atoms with van der Waals surface area (Å²) >= 11 is 0. The molecule has 0 saturated heterocycles. The molecule has 1 aromatic carbocycles. The van der Waals surface area contributed by atoms with E-state index in [0.717, 1.165) is 24.4 Å². The molecule has 2 heterocycles. The van der Waals surface area contributed by atoms with Crippen molar-refractivity contribution in [1.82, 2.24) is 9.97 Å². The van der Waals surface area contributed by atoms with Crippen LogP contribution in [0.4, 0.5) is 39.5 Å². The van der Waals surface area contributed by atoms with Crippen molar-refractivity contribution in [3.05, 3.63) is 71.2 Å². The number of esters is 1. The Morgan fingerprint density at radius 3 is 2.09 bits per heavy atom. The zero-order valence-corrected chi connectivity index (χ0v) is 15.3. The van der Waals surface area contributed by atoms with Crippen LogP contribution in [0.2, 0.25) is 0 Å². The second-order valence-electron chi connectivity index (χ2n) is 6.33. The summed E-state index contributed by atoms with van der Waals surface area (Å²) in [5, 5.41) is -0.599. The number of ether oxygens (including phenoxy) is 1. The first-order valence-corrected chi connectivity index (χ1v) is 8.46. The molecule has 0 spiro atoms. The van der Waals surface area contributed by atoms with Gasteiger partial charge in [-0.1, -0.05) is 18.2 Å². The molecule has 0 aliphatic heterocycles. The Bertz CT molecular complexity index is 1140. The zero-order chi connectivity index (χ0) is 23.9. The third-order valence-corrected chi connectivity index (χ3v) is 4.16. The summed E-state index contributed by atoms with van der Waals surface area (Å²) in [7, 11) is 0. The molecule has 0 fully saturated rings. The molecule has 4 nitrogen and oxygen atoms in total. The minimum absolute atomic E-state index is 0.228. The van der Waals surface area contributed by atoms with Crippen LogP contribution in [0, 0.1) is 0 Å². The maximum absolute atomic E-state index is 13.4. The van der Waals surface area contributed by atoms with Gasteiger partial charge in [0.25, 0.3) is 0 Å². The number of hydrogen-bond donors (Lipinski definition) is 0. The van der Waals surface area contributed by atoms with Crippen LogP contribution in [0.5, 0.6) is 0 Å². The van der Waals surface area contributed by atoms with Crippen molar-refractivity contribution >= 4 is 16.9 Å². The lowest BCUT2D eigenvalue weighted by atomic mass is 9.97. The third kappa shape index (κ3) is 4.75. The SMILES string of the molecule is O=C(OC(c1ccccn1)c1cc(C(F)(F)F)nc2c(C(F)(F)F)cccc12)C(F)(F)F. The first-order valence-electron chi connectivity index (χ1n) is 8.46. The molecule has 0 bridgehead atoms. The Morgan fingerprint density at radius 1 is 0.875 bits per heavy atom. The normalized spacial score (nSPS) is 13.8. The number of carbonyl (C=O) groups is 1. The van der Waals surface area contributed by atoms with Crippen LogP contribution in [-0.4, -0.2) is 22.1 Å². The summed E-state index contributed by atoms with van der Waals surface area (Å²) in [5.74, 6) is -2.77. The number of alkyl halides is 9. The number of benzene rings is 1. The average Bonchev–Trinajstić information content (AvgIpc) is 2.69. The molecule has 0 radical (unpaired) electrons. The van der Waals surface area contributed by atoms with Crippen molar-refractivity contribution in [3.63, 3.8) is 0 Å². The zero-order valence-electron chi connectivity index (χ0n) is 15.3. The van der Waals surface area contributed by atoms with Crippen LogP contribution >= 0.6 is 0 Å². The molecule has 0 aliphatic rings. The Labute approximate surface area is 172 Å². The van der Waals surface area contributed by atoms with Gasteiger partial charge in [-0.3, -0.25) is 4.98 Å². The average molecular weight is 468 g/mol. The van der Waals surface area contributed by atoms with E-state index in [4.69, 9.17) is 0 Å². The van der Waals surface area contributed by atoms with Gasteiger partial charge in [0.05, 0.1) is 16.8 Å². The molecular weight excluding hydrogens is 459 g/mol. The van der Waals surface area contributed by atoms with E-state index in [2.05, 4.69) is 14.7 Å². The Morgan fingerprint density at radius 2 is 1.56 bits per heavy atom. The summed E-state index contributed by atoms with van der Waals surface area (Å²) < 4.78 is 123. The van der Waals surface area contributed by atoms with E-state index in [1.165, 1.54) is 12.1 Å². The van der Waals surface area contributed by atoms with Crippen LogP contribution in [0.3, 0.4) is 0 Å². The molecular formula is C19H9F9N2O2. The van der Waals surface area contributed by atoms with Gasteiger partial charge >= 0.3 is 24.5 Å². The number of pyridine rings is 2. The molecule has 1 atom stereocenters. The van der Waals surface area contributed by atoms with E-state index in [0.29, 0.717) is 6.07 Å². The van der Waals surface area contributed by atoms with E-state index < -0.39 is 64.0 Å². The molecule has 13 heteroatoms. The highest BCUT2D eigenvalue weighted by Gasteiger charge is 2.44. The molecule has 1 unspecified atom stereocenters. The van der Waals surface area contributed by atoms with E-state index in [-0.39, 0.29) is 6.07 Å². The lowest BCUT2D eigenvalue weighted by Gasteiger charge is -2.22. The van der Waals surface area contributed by atoms with Crippen molar-refractivity contribution in [1.29, 1.82) is 0 Å². The highest BCUT2D eigenvalue weighted by Crippen LogP contribution is 2.41. The third-order valence-electron chi connectivity index (χ3n) is 4.16. The largest absolute Gasteiger partial charge is 0.490 e. The number of nitrogens with zero attached hydrogens (tertiary/aromatic N) is 2. The quantitative estimate of drug-likeness (QED) is 0.357. The van der Waals surface area contributed by atoms with Gasteiger partial charge < -0.3 is 4.74 Å². The fourth-order valence-electron chi connectivity index (χ4n) is 2.85. The van der Waals surface area contributed by atoms with Gasteiger partial charge in [0.15, 0.2) is 6.10 Å². The molecule has 3 rings (SSSR count). The number of halogens is 9. The summed E-state index contributed by atoms with van der Waals surface area (Å²) in [6, 6.07) is 6.06. The number of aromatic nitrogens is 2. The van der Waals surface area contributed by atoms with Crippen molar-refractivity contribution in [2.24, 2.45) is 0 Å². The van der Waals surface area contributed by atoms with Crippen LogP contribution < -0.4 is 0 Å². The number of rotatable bonds is 3. The van der Waals surface area contributed by atoms with Gasteiger partial charge in [0, 0.05) is 17.1 Å². The smallest absolute Gasteiger partial charge is 0.444 e. The second-order valence-corrected chi connectivity index (χ2v) is 6.33. The number of fused-ring (bicyclic) bond motifs is 1. The molecule has 32 heavy (non-hydrogen) atoms. The Balaban J connectivity index is 2.37. The monoisotopic (exact) mass is 468 g/mol. The van der Waals surface area contributed by atoms with Crippen molar-refractivity contribution in [3.8, 4) is 0 Å². The van der Waals surface area contributed by atoms with Crippen molar-refractivity contribution < 1.29 is 49.0 Å². The van der Waals surface area contributed by atoms with Crippen LogP contribution in [0.1, 0.15) is 28.6 Å². The fraction of sp³-hybridized carbons (Fsp3) is 0.211. The topological polar surface area (TPSA) is 52.1 Å². The van der Waals surface area contributed by atoms with Crippen molar-refractivity contribution in [2.75, 3.05) is 0 Å². The minimum Gasteiger partial charge on any atom is -0.444 e. The van der Waals surface area contributed by atoms with E-state index in [9.17, 15) is 44.3 Å². The maximum atomic E-state index is 13.4. The Hall–Kier alpha value is -3.38. The lowest BCUT2D eigenvalue weighted by molar-refractivity contribution is -0.203. The van der Waals surface area contributed by atoms with Crippen LogP contribution in [0.25, 0.3) is 10.9 Å². The first-order chi connectivity index (χ1) is 14.7. The highest BCUT2D eigenvalue weighted by atomic mass is 19.4. The van der Waals surface area contributed by atoms with E-state index >= 15 is 0 Å². The first kappa shape index (κ1) is 23.3. The summed E-state index contributed by atoms with van der Waals surface area (Å²) in [5.41, 5.74) is -5.79. The van der Waals surface area contributed by atoms with Crippen LogP contribution in [0.15, 0.2) is 48.7 Å². The van der Waals surface area contributed by atoms with Gasteiger partial charge in [-0.2, -0.15) is 39.5 Å². The van der Waals surface area contributed by atoms with Gasteiger partial charge in [0.2, 0.25) is 0 Å². The predicted molar refractivity (Wildman–Crippen MR) is 90.0 cm³/mol. The standard InChI is InChI=1S/C19H9F9N2O2/c20-17(21,22)11-5-3-4-9-10(8-13(18(23,24)25)30-14(9)11)15(12-6-1-2-7-29-12)32-16(31)19(26,27)28/h1-8,15H. The van der Waals surface area contributed by atoms with Gasteiger partial charge in [0.1, 0.15) is 5.69 Å². The molecule has 170 valence electrons. The van der Waals surface area contributed by atoms with E-state index in [1.807, 2.05) is 0 Å². The lowest BCUT2D eigenvalue weighted by Crippen LogP contribution is -2.28. The second kappa shape index (κ2) is 7.95. The molecule has 0 N–H and O–H groups in total. The minimum atomic E-state index is -5.53. The number of carbonyl (C=O) groups excluding carboxylic acids is 1. The summed E-state index contributed by atoms with van der Waals surface area (Å²) in [6.45, 7) is 0. The summed E-state index contributed by atoms with van der Waals surface area (Å²) in [6.07, 6.45) is -17.1. The van der Waals surface area contributed by atoms with Gasteiger partial charge in [-0.15, -0.1) is 0 Å². The predicted octanol–water partition coefficient (Wildman–Crippen LogP) is 5.86. The van der Waals surface area contributed by atoms with E-state index in [1.54, 1.807) is 0 Å². The number of para-hydroxylation sites is 1. The molecule has 0 saturated carbocycles. The Kier molecular flexibility index (Phi) is 5.78. The van der Waals surface area contributed by atoms with Gasteiger partial charge in [-0.25, -0.2) is 9.78 Å². The van der Waals surface area contributed by atoms with Crippen LogP contribution in [-0.2, 0) is 21.9 Å². The molecule has 0 amide bonds. The summed E-state index contributed by atoms with van der Waals surface area (Å²) in [4.78, 5) is 18.2. The van der Waals surface area contributed by atoms with Crippen molar-refractivity contribution in [2.45, 2.75) is 24.6 Å². The molecule has 2 aromatic heterocycles. The highest BCUT2D eigenvalue weighted by molar-refractivity contribution is 5.87. The number of hydrogen-bond acceptors (Lipinski definition) is 4. The molecule has 3 aromatic rings. The fourth-order valence-corrected chi connectivity index (χ4v) is 2.85.